The van der Waals surface area contributed by atoms with E-state index < -0.39 is 0 Å². The summed E-state index contributed by atoms with van der Waals surface area (Å²) < 4.78 is 6.42. The molecule has 0 spiro atoms. The van der Waals surface area contributed by atoms with Crippen molar-refractivity contribution in [2.45, 2.75) is 24.8 Å². The lowest BCUT2D eigenvalue weighted by Crippen LogP contribution is -2.26. The third-order valence-electron chi connectivity index (χ3n) is 2.94. The second-order valence-corrected chi connectivity index (χ2v) is 5.30. The highest BCUT2D eigenvalue weighted by Gasteiger charge is 2.22. The lowest BCUT2D eigenvalue weighted by Gasteiger charge is -2.17. The normalized spacial score (nSPS) is 17.4. The first kappa shape index (κ1) is 12.1. The van der Waals surface area contributed by atoms with Crippen LogP contribution in [0.2, 0.25) is 0 Å². The summed E-state index contributed by atoms with van der Waals surface area (Å²) in [5.41, 5.74) is 1.35. The van der Waals surface area contributed by atoms with Gasteiger partial charge in [0.25, 0.3) is 0 Å². The summed E-state index contributed by atoms with van der Waals surface area (Å²) in [6, 6.07) is 9.28. The Kier molecular flexibility index (Phi) is 4.38. The average Bonchev–Trinajstić information content (AvgIpc) is 3.09. The first-order valence-electron chi connectivity index (χ1n) is 5.77. The predicted octanol–water partition coefficient (Wildman–Crippen LogP) is 2.93. The van der Waals surface area contributed by atoms with Crippen LogP contribution >= 0.6 is 15.9 Å². The van der Waals surface area contributed by atoms with Gasteiger partial charge in [0.05, 0.1) is 6.61 Å². The highest BCUT2D eigenvalue weighted by Crippen LogP contribution is 2.22. The molecule has 1 aliphatic carbocycles. The second kappa shape index (κ2) is 5.80. The molecule has 0 radical (unpaired) electrons. The number of ether oxygens (including phenoxy) is 1. The standard InChI is InChI=1S/C13H18BrNO/c1-16-9-11(8-15-13-6-7-13)10-2-4-12(14)5-3-10/h2-5,11,13,15H,6-9H2,1H3. The molecule has 0 saturated heterocycles. The van der Waals surface area contributed by atoms with Crippen molar-refractivity contribution in [3.05, 3.63) is 34.3 Å². The molecule has 0 bridgehead atoms. The van der Waals surface area contributed by atoms with E-state index in [9.17, 15) is 0 Å². The van der Waals surface area contributed by atoms with E-state index >= 15 is 0 Å². The molecule has 1 aromatic carbocycles. The zero-order valence-corrected chi connectivity index (χ0v) is 11.2. The first-order chi connectivity index (χ1) is 7.79. The van der Waals surface area contributed by atoms with Crippen LogP contribution in [-0.2, 0) is 4.74 Å². The molecule has 1 fully saturated rings. The Morgan fingerprint density at radius 1 is 1.38 bits per heavy atom. The van der Waals surface area contributed by atoms with Gasteiger partial charge in [-0.3, -0.25) is 0 Å². The van der Waals surface area contributed by atoms with Gasteiger partial charge in [0, 0.05) is 30.1 Å². The quantitative estimate of drug-likeness (QED) is 0.867. The SMILES string of the molecule is COCC(CNC1CC1)c1ccc(Br)cc1. The molecule has 0 aliphatic heterocycles. The molecule has 2 rings (SSSR count). The molecule has 1 saturated carbocycles. The Hall–Kier alpha value is -0.380. The van der Waals surface area contributed by atoms with Gasteiger partial charge in [-0.15, -0.1) is 0 Å². The molecule has 1 aliphatic rings. The number of methoxy groups -OCH3 is 1. The largest absolute Gasteiger partial charge is 0.384 e. The third kappa shape index (κ3) is 3.58. The van der Waals surface area contributed by atoms with Crippen LogP contribution in [-0.4, -0.2) is 26.3 Å². The topological polar surface area (TPSA) is 21.3 Å². The Morgan fingerprint density at radius 3 is 2.62 bits per heavy atom. The second-order valence-electron chi connectivity index (χ2n) is 4.39. The molecule has 1 atom stereocenters. The van der Waals surface area contributed by atoms with E-state index in [1.165, 1.54) is 18.4 Å². The Bertz CT molecular complexity index is 321. The van der Waals surface area contributed by atoms with Gasteiger partial charge in [0.1, 0.15) is 0 Å². The van der Waals surface area contributed by atoms with Crippen LogP contribution in [0.5, 0.6) is 0 Å². The number of nitrogens with one attached hydrogen (secondary N) is 1. The monoisotopic (exact) mass is 283 g/mol. The number of benzene rings is 1. The van der Waals surface area contributed by atoms with Crippen LogP contribution in [0.4, 0.5) is 0 Å². The van der Waals surface area contributed by atoms with Gasteiger partial charge >= 0.3 is 0 Å². The van der Waals surface area contributed by atoms with Gasteiger partial charge in [-0.2, -0.15) is 0 Å². The molecule has 88 valence electrons. The molecular weight excluding hydrogens is 266 g/mol. The van der Waals surface area contributed by atoms with E-state index in [2.05, 4.69) is 45.5 Å². The maximum atomic E-state index is 5.29. The molecule has 0 aromatic heterocycles. The molecule has 0 amide bonds. The number of hydrogen-bond acceptors (Lipinski definition) is 2. The smallest absolute Gasteiger partial charge is 0.0543 e. The molecule has 1 aromatic rings. The maximum absolute atomic E-state index is 5.29. The van der Waals surface area contributed by atoms with E-state index in [0.29, 0.717) is 5.92 Å². The van der Waals surface area contributed by atoms with Crippen LogP contribution in [0.25, 0.3) is 0 Å². The highest BCUT2D eigenvalue weighted by molar-refractivity contribution is 9.10. The fourth-order valence-corrected chi connectivity index (χ4v) is 2.07. The van der Waals surface area contributed by atoms with Crippen molar-refractivity contribution in [1.29, 1.82) is 0 Å². The molecular formula is C13H18BrNO. The van der Waals surface area contributed by atoms with Crippen molar-refractivity contribution < 1.29 is 4.74 Å². The van der Waals surface area contributed by atoms with Crippen LogP contribution in [0, 0.1) is 0 Å². The summed E-state index contributed by atoms with van der Waals surface area (Å²) in [4.78, 5) is 0. The molecule has 1 N–H and O–H groups in total. The van der Waals surface area contributed by atoms with Crippen molar-refractivity contribution in [2.24, 2.45) is 0 Å². The van der Waals surface area contributed by atoms with E-state index in [1.54, 1.807) is 7.11 Å². The summed E-state index contributed by atoms with van der Waals surface area (Å²) in [6.07, 6.45) is 2.67. The number of hydrogen-bond donors (Lipinski definition) is 1. The zero-order valence-electron chi connectivity index (χ0n) is 9.58. The average molecular weight is 284 g/mol. The molecule has 3 heteroatoms. The summed E-state index contributed by atoms with van der Waals surface area (Å²) >= 11 is 3.46. The number of rotatable bonds is 6. The Balaban J connectivity index is 1.95. The van der Waals surface area contributed by atoms with E-state index in [0.717, 1.165) is 23.7 Å². The fourth-order valence-electron chi connectivity index (χ4n) is 1.81. The van der Waals surface area contributed by atoms with Gasteiger partial charge in [0.2, 0.25) is 0 Å². The van der Waals surface area contributed by atoms with Gasteiger partial charge in [-0.25, -0.2) is 0 Å². The molecule has 0 heterocycles. The van der Waals surface area contributed by atoms with Gasteiger partial charge in [-0.05, 0) is 30.5 Å². The van der Waals surface area contributed by atoms with Crippen LogP contribution in [0.15, 0.2) is 28.7 Å². The minimum absolute atomic E-state index is 0.457. The van der Waals surface area contributed by atoms with E-state index in [-0.39, 0.29) is 0 Å². The minimum Gasteiger partial charge on any atom is -0.384 e. The predicted molar refractivity (Wildman–Crippen MR) is 69.8 cm³/mol. The van der Waals surface area contributed by atoms with Crippen molar-refractivity contribution >= 4 is 15.9 Å². The molecule has 16 heavy (non-hydrogen) atoms. The van der Waals surface area contributed by atoms with Crippen LogP contribution in [0.3, 0.4) is 0 Å². The van der Waals surface area contributed by atoms with Crippen molar-refractivity contribution in [3.63, 3.8) is 0 Å². The van der Waals surface area contributed by atoms with Crippen LogP contribution < -0.4 is 5.32 Å². The van der Waals surface area contributed by atoms with Crippen molar-refractivity contribution in [3.8, 4) is 0 Å². The summed E-state index contributed by atoms with van der Waals surface area (Å²) in [5.74, 6) is 0.457. The van der Waals surface area contributed by atoms with Crippen LogP contribution in [0.1, 0.15) is 24.3 Å². The number of halogens is 1. The highest BCUT2D eigenvalue weighted by atomic mass is 79.9. The van der Waals surface area contributed by atoms with Gasteiger partial charge < -0.3 is 10.1 Å². The zero-order chi connectivity index (χ0) is 11.4. The van der Waals surface area contributed by atoms with Gasteiger partial charge in [-0.1, -0.05) is 28.1 Å². The molecule has 2 nitrogen and oxygen atoms in total. The minimum atomic E-state index is 0.457. The summed E-state index contributed by atoms with van der Waals surface area (Å²) in [6.45, 7) is 1.79. The maximum Gasteiger partial charge on any atom is 0.0543 e. The Morgan fingerprint density at radius 2 is 2.06 bits per heavy atom. The first-order valence-corrected chi connectivity index (χ1v) is 6.56. The van der Waals surface area contributed by atoms with Gasteiger partial charge in [0.15, 0.2) is 0 Å². The van der Waals surface area contributed by atoms with Crippen molar-refractivity contribution in [2.75, 3.05) is 20.3 Å². The lowest BCUT2D eigenvalue weighted by atomic mass is 10.00. The van der Waals surface area contributed by atoms with Crippen molar-refractivity contribution in [1.82, 2.24) is 5.32 Å². The van der Waals surface area contributed by atoms with E-state index in [4.69, 9.17) is 4.74 Å². The fraction of sp³-hybridized carbons (Fsp3) is 0.538. The molecule has 1 unspecified atom stereocenters. The summed E-state index contributed by atoms with van der Waals surface area (Å²) in [5, 5.41) is 3.56. The third-order valence-corrected chi connectivity index (χ3v) is 3.47. The Labute approximate surface area is 106 Å². The summed E-state index contributed by atoms with van der Waals surface area (Å²) in [7, 11) is 1.77. The lowest BCUT2D eigenvalue weighted by molar-refractivity contribution is 0.177. The van der Waals surface area contributed by atoms with E-state index in [1.807, 2.05) is 0 Å².